The van der Waals surface area contributed by atoms with Gasteiger partial charge in [-0.1, -0.05) is 36.4 Å². The molecule has 0 spiro atoms. The zero-order valence-corrected chi connectivity index (χ0v) is 25.0. The van der Waals surface area contributed by atoms with Crippen molar-refractivity contribution in [1.29, 1.82) is 0 Å². The highest BCUT2D eigenvalue weighted by atomic mass is 32.2. The zero-order chi connectivity index (χ0) is 30.7. The number of ketones is 1. The third-order valence-corrected chi connectivity index (χ3v) is 8.61. The van der Waals surface area contributed by atoms with Crippen molar-refractivity contribution in [3.8, 4) is 11.5 Å². The lowest BCUT2D eigenvalue weighted by molar-refractivity contribution is 0.104. The predicted octanol–water partition coefficient (Wildman–Crippen LogP) is 4.00. The van der Waals surface area contributed by atoms with Crippen LogP contribution in [0.4, 0.5) is 11.8 Å². The first kappa shape index (κ1) is 29.6. The number of sulfone groups is 1. The second-order valence-electron chi connectivity index (χ2n) is 10.3. The molecule has 0 bridgehead atoms. The Bertz CT molecular complexity index is 1810. The van der Waals surface area contributed by atoms with Crippen molar-refractivity contribution < 1.29 is 22.7 Å². The van der Waals surface area contributed by atoms with Crippen molar-refractivity contribution in [1.82, 2.24) is 14.9 Å². The Morgan fingerprint density at radius 2 is 1.81 bits per heavy atom. The summed E-state index contributed by atoms with van der Waals surface area (Å²) >= 11 is 0. The number of hydrogen-bond donors (Lipinski definition) is 2. The SMILES string of the molecule is COc1cc(Cc2cnc(N)nc2N)cc(C(=O)C=CN2CCc3ccccc3C2c2ccc(S(C)(=O)=O)cc2)c1OC. The van der Waals surface area contributed by atoms with Crippen LogP contribution in [0.25, 0.3) is 0 Å². The summed E-state index contributed by atoms with van der Waals surface area (Å²) in [5, 5.41) is 0. The molecule has 1 aliphatic heterocycles. The second-order valence-corrected chi connectivity index (χ2v) is 12.3. The van der Waals surface area contributed by atoms with E-state index in [2.05, 4.69) is 27.0 Å². The molecule has 0 saturated carbocycles. The van der Waals surface area contributed by atoms with Crippen LogP contribution in [0, 0.1) is 0 Å². The van der Waals surface area contributed by atoms with Gasteiger partial charge in [0.1, 0.15) is 5.82 Å². The van der Waals surface area contributed by atoms with Gasteiger partial charge in [0.2, 0.25) is 5.95 Å². The zero-order valence-electron chi connectivity index (χ0n) is 24.2. The van der Waals surface area contributed by atoms with Gasteiger partial charge in [0.05, 0.1) is 30.7 Å². The molecule has 1 aliphatic rings. The maximum atomic E-state index is 13.7. The van der Waals surface area contributed by atoms with E-state index in [9.17, 15) is 13.2 Å². The van der Waals surface area contributed by atoms with Gasteiger partial charge in [-0.25, -0.2) is 13.4 Å². The molecule has 5 rings (SSSR count). The molecule has 4 N–H and O–H groups in total. The van der Waals surface area contributed by atoms with Crippen LogP contribution in [0.3, 0.4) is 0 Å². The molecule has 1 unspecified atom stereocenters. The summed E-state index contributed by atoms with van der Waals surface area (Å²) < 4.78 is 35.3. The van der Waals surface area contributed by atoms with Gasteiger partial charge in [0, 0.05) is 43.3 Å². The number of benzene rings is 3. The number of hydrogen-bond acceptors (Lipinski definition) is 10. The van der Waals surface area contributed by atoms with E-state index in [1.165, 1.54) is 32.1 Å². The van der Waals surface area contributed by atoms with E-state index in [1.54, 1.807) is 36.7 Å². The van der Waals surface area contributed by atoms with Crippen molar-refractivity contribution in [2.45, 2.75) is 23.8 Å². The fourth-order valence-corrected chi connectivity index (χ4v) is 6.00. The largest absolute Gasteiger partial charge is 0.493 e. The van der Waals surface area contributed by atoms with Crippen molar-refractivity contribution in [2.75, 3.05) is 38.5 Å². The summed E-state index contributed by atoms with van der Waals surface area (Å²) in [6.45, 7) is 0.663. The number of nitrogens with zero attached hydrogens (tertiary/aromatic N) is 3. The van der Waals surface area contributed by atoms with E-state index in [0.29, 0.717) is 35.6 Å². The molecule has 11 heteroatoms. The highest BCUT2D eigenvalue weighted by Crippen LogP contribution is 2.37. The van der Waals surface area contributed by atoms with E-state index in [1.807, 2.05) is 24.3 Å². The van der Waals surface area contributed by atoms with E-state index in [-0.39, 0.29) is 28.5 Å². The number of carbonyl (C=O) groups is 1. The monoisotopic (exact) mass is 599 g/mol. The van der Waals surface area contributed by atoms with Gasteiger partial charge in [-0.05, 0) is 52.9 Å². The molecule has 0 radical (unpaired) electrons. The number of nitrogens with two attached hydrogens (primary N) is 2. The average molecular weight is 600 g/mol. The van der Waals surface area contributed by atoms with Crippen molar-refractivity contribution in [2.24, 2.45) is 0 Å². The molecule has 0 saturated heterocycles. The highest BCUT2D eigenvalue weighted by molar-refractivity contribution is 7.90. The Hall–Kier alpha value is -4.90. The molecule has 0 fully saturated rings. The molecule has 1 aromatic heterocycles. The normalized spacial score (nSPS) is 14.9. The van der Waals surface area contributed by atoms with E-state index < -0.39 is 9.84 Å². The number of allylic oxidation sites excluding steroid dienone is 1. The molecule has 3 aromatic carbocycles. The van der Waals surface area contributed by atoms with Gasteiger partial charge in [0.15, 0.2) is 27.1 Å². The lowest BCUT2D eigenvalue weighted by Crippen LogP contribution is -2.32. The lowest BCUT2D eigenvalue weighted by Gasteiger charge is -2.37. The number of anilines is 2. The van der Waals surface area contributed by atoms with Crippen LogP contribution in [0.1, 0.15) is 44.2 Å². The standard InChI is InChI=1S/C32H33N5O5S/c1-41-28-18-20(16-23-19-35-32(34)36-31(23)33)17-26(30(28)42-2)27(38)13-15-37-14-12-21-6-4-5-7-25(21)29(37)22-8-10-24(11-9-22)43(3,39)40/h4-11,13,15,17-19,29H,12,14,16H2,1-3H3,(H4,33,34,35,36). The first-order chi connectivity index (χ1) is 20.6. The Labute approximate surface area is 250 Å². The Morgan fingerprint density at radius 3 is 2.49 bits per heavy atom. The highest BCUT2D eigenvalue weighted by Gasteiger charge is 2.27. The summed E-state index contributed by atoms with van der Waals surface area (Å²) in [4.78, 5) is 24.1. The number of nitrogen functional groups attached to an aromatic ring is 2. The fraction of sp³-hybridized carbons (Fsp3) is 0.219. The molecular formula is C32H33N5O5S. The van der Waals surface area contributed by atoms with E-state index in [0.717, 1.165) is 23.1 Å². The third-order valence-electron chi connectivity index (χ3n) is 7.48. The van der Waals surface area contributed by atoms with Crippen LogP contribution in [-0.2, 0) is 22.7 Å². The van der Waals surface area contributed by atoms with Gasteiger partial charge in [-0.15, -0.1) is 0 Å². The van der Waals surface area contributed by atoms with Gasteiger partial charge >= 0.3 is 0 Å². The molecule has 2 heterocycles. The van der Waals surface area contributed by atoms with E-state index in [4.69, 9.17) is 20.9 Å². The molecule has 1 atom stereocenters. The minimum atomic E-state index is -3.33. The number of aromatic nitrogens is 2. The first-order valence-corrected chi connectivity index (χ1v) is 15.5. The molecule has 10 nitrogen and oxygen atoms in total. The minimum Gasteiger partial charge on any atom is -0.493 e. The van der Waals surface area contributed by atoms with Gasteiger partial charge < -0.3 is 25.8 Å². The number of methoxy groups -OCH3 is 2. The number of carbonyl (C=O) groups excluding carboxylic acids is 1. The number of fused-ring (bicyclic) bond motifs is 1. The summed E-state index contributed by atoms with van der Waals surface area (Å²) in [7, 11) is -0.332. The average Bonchev–Trinajstić information content (AvgIpc) is 3.00. The predicted molar refractivity (Wildman–Crippen MR) is 165 cm³/mol. The van der Waals surface area contributed by atoms with E-state index >= 15 is 0 Å². The summed E-state index contributed by atoms with van der Waals surface area (Å²) in [6.07, 6.45) is 7.21. The van der Waals surface area contributed by atoms with Crippen molar-refractivity contribution >= 4 is 27.4 Å². The Kier molecular flexibility index (Phi) is 8.36. The number of ether oxygens (including phenoxy) is 2. The minimum absolute atomic E-state index is 0.0829. The quantitative estimate of drug-likeness (QED) is 0.213. The van der Waals surface area contributed by atoms with Crippen LogP contribution >= 0.6 is 0 Å². The molecule has 0 aliphatic carbocycles. The van der Waals surface area contributed by atoms with Crippen LogP contribution in [0.15, 0.2) is 84.0 Å². The number of rotatable bonds is 9. The topological polar surface area (TPSA) is 151 Å². The molecule has 4 aromatic rings. The van der Waals surface area contributed by atoms with Crippen LogP contribution in [-0.4, -0.2) is 56.1 Å². The summed E-state index contributed by atoms with van der Waals surface area (Å²) in [6, 6.07) is 18.4. The molecule has 43 heavy (non-hydrogen) atoms. The molecule has 222 valence electrons. The van der Waals surface area contributed by atoms with Gasteiger partial charge in [0.25, 0.3) is 0 Å². The second kappa shape index (κ2) is 12.1. The van der Waals surface area contributed by atoms with Gasteiger partial charge in [-0.3, -0.25) is 4.79 Å². The molecule has 0 amide bonds. The van der Waals surface area contributed by atoms with Crippen LogP contribution in [0.5, 0.6) is 11.5 Å². The first-order valence-electron chi connectivity index (χ1n) is 13.6. The molecular weight excluding hydrogens is 566 g/mol. The maximum absolute atomic E-state index is 13.7. The Balaban J connectivity index is 1.49. The van der Waals surface area contributed by atoms with Gasteiger partial charge in [-0.2, -0.15) is 4.98 Å². The lowest BCUT2D eigenvalue weighted by atomic mass is 9.88. The summed E-state index contributed by atoms with van der Waals surface area (Å²) in [5.41, 5.74) is 16.7. The van der Waals surface area contributed by atoms with Crippen molar-refractivity contribution in [3.05, 3.63) is 113 Å². The van der Waals surface area contributed by atoms with Crippen molar-refractivity contribution in [3.63, 3.8) is 0 Å². The fourth-order valence-electron chi connectivity index (χ4n) is 5.37. The van der Waals surface area contributed by atoms with Crippen LogP contribution in [0.2, 0.25) is 0 Å². The Morgan fingerprint density at radius 1 is 1.07 bits per heavy atom. The van der Waals surface area contributed by atoms with Crippen LogP contribution < -0.4 is 20.9 Å². The third kappa shape index (κ3) is 6.31. The smallest absolute Gasteiger partial charge is 0.221 e. The maximum Gasteiger partial charge on any atom is 0.221 e. The summed E-state index contributed by atoms with van der Waals surface area (Å²) in [5.74, 6) is 0.793.